The molecule has 1 N–H and O–H groups in total. The van der Waals surface area contributed by atoms with Crippen LogP contribution in [0.3, 0.4) is 0 Å². The summed E-state index contributed by atoms with van der Waals surface area (Å²) >= 11 is 9.60. The predicted octanol–water partition coefficient (Wildman–Crippen LogP) is 6.36. The molecule has 0 bridgehead atoms. The molecule has 2 aromatic rings. The van der Waals surface area contributed by atoms with Crippen LogP contribution in [-0.4, -0.2) is 13.7 Å². The predicted molar refractivity (Wildman–Crippen MR) is 112 cm³/mol. The summed E-state index contributed by atoms with van der Waals surface area (Å²) in [7, 11) is 1.67. The number of nitrogens with one attached hydrogen (secondary N) is 1. The highest BCUT2D eigenvalue weighted by atomic mass is 79.9. The van der Waals surface area contributed by atoms with E-state index in [1.54, 1.807) is 7.11 Å². The maximum atomic E-state index is 6.12. The summed E-state index contributed by atoms with van der Waals surface area (Å²) in [6.07, 6.45) is 5.00. The van der Waals surface area contributed by atoms with Gasteiger partial charge in [0.1, 0.15) is 6.61 Å². The fourth-order valence-electron chi connectivity index (χ4n) is 2.69. The molecule has 0 aliphatic heterocycles. The van der Waals surface area contributed by atoms with Crippen LogP contribution in [0.15, 0.2) is 40.9 Å². The van der Waals surface area contributed by atoms with Gasteiger partial charge in [0, 0.05) is 21.6 Å². The zero-order valence-corrected chi connectivity index (χ0v) is 17.8. The Labute approximate surface area is 170 Å². The van der Waals surface area contributed by atoms with E-state index in [9.17, 15) is 0 Å². The van der Waals surface area contributed by atoms with E-state index in [1.165, 1.54) is 25.7 Å². The summed E-state index contributed by atoms with van der Waals surface area (Å²) in [4.78, 5) is 0. The first-order valence-corrected chi connectivity index (χ1v) is 10.3. The Balaban J connectivity index is 2.04. The number of ether oxygens (including phenoxy) is 2. The van der Waals surface area contributed by atoms with Crippen molar-refractivity contribution < 1.29 is 9.47 Å². The Kier molecular flexibility index (Phi) is 9.30. The van der Waals surface area contributed by atoms with Crippen molar-refractivity contribution in [3.05, 3.63) is 57.0 Å². The lowest BCUT2D eigenvalue weighted by atomic mass is 10.1. The number of benzene rings is 2. The molecule has 2 rings (SSSR count). The van der Waals surface area contributed by atoms with Crippen LogP contribution in [0.4, 0.5) is 0 Å². The zero-order valence-electron chi connectivity index (χ0n) is 15.5. The number of unbranched alkanes of at least 4 members (excludes halogenated alkanes) is 3. The van der Waals surface area contributed by atoms with Crippen molar-refractivity contribution in [3.63, 3.8) is 0 Å². The third-order valence-corrected chi connectivity index (χ3v) is 5.19. The lowest BCUT2D eigenvalue weighted by Crippen LogP contribution is -2.16. The smallest absolute Gasteiger partial charge is 0.167 e. The Bertz CT molecular complexity index is 676. The maximum absolute atomic E-state index is 6.12. The van der Waals surface area contributed by atoms with Crippen molar-refractivity contribution in [1.29, 1.82) is 0 Å². The molecular weight excluding hydrogens is 414 g/mol. The van der Waals surface area contributed by atoms with Gasteiger partial charge in [-0.3, -0.25) is 0 Å². The van der Waals surface area contributed by atoms with E-state index in [4.69, 9.17) is 21.1 Å². The summed E-state index contributed by atoms with van der Waals surface area (Å²) in [6.45, 7) is 4.43. The molecule has 0 aromatic heterocycles. The fourth-order valence-corrected chi connectivity index (χ4v) is 3.27. The summed E-state index contributed by atoms with van der Waals surface area (Å²) in [5.74, 6) is 1.52. The molecule has 2 aromatic carbocycles. The van der Waals surface area contributed by atoms with Crippen LogP contribution in [0.1, 0.15) is 43.7 Å². The van der Waals surface area contributed by atoms with Gasteiger partial charge in [-0.25, -0.2) is 0 Å². The first-order valence-electron chi connectivity index (χ1n) is 9.09. The molecular formula is C21H27BrClNO2. The van der Waals surface area contributed by atoms with E-state index in [0.29, 0.717) is 6.61 Å². The highest BCUT2D eigenvalue weighted by Gasteiger charge is 2.14. The molecule has 0 amide bonds. The van der Waals surface area contributed by atoms with Crippen LogP contribution in [0, 0.1) is 0 Å². The van der Waals surface area contributed by atoms with Gasteiger partial charge in [0.15, 0.2) is 11.5 Å². The molecule has 0 aliphatic carbocycles. The van der Waals surface area contributed by atoms with Crippen LogP contribution >= 0.6 is 27.5 Å². The van der Waals surface area contributed by atoms with Gasteiger partial charge in [0.25, 0.3) is 0 Å². The average molecular weight is 441 g/mol. The van der Waals surface area contributed by atoms with Crippen LogP contribution in [0.2, 0.25) is 5.02 Å². The average Bonchev–Trinajstić information content (AvgIpc) is 2.65. The molecule has 0 saturated carbocycles. The Hall–Kier alpha value is -1.23. The van der Waals surface area contributed by atoms with E-state index in [0.717, 1.165) is 45.2 Å². The molecule has 0 fully saturated rings. The van der Waals surface area contributed by atoms with Crippen molar-refractivity contribution in [3.8, 4) is 11.5 Å². The van der Waals surface area contributed by atoms with Gasteiger partial charge in [-0.15, -0.1) is 0 Å². The highest BCUT2D eigenvalue weighted by molar-refractivity contribution is 9.10. The van der Waals surface area contributed by atoms with Gasteiger partial charge < -0.3 is 14.8 Å². The number of hydrogen-bond donors (Lipinski definition) is 1. The third kappa shape index (κ3) is 6.49. The van der Waals surface area contributed by atoms with Crippen molar-refractivity contribution in [2.75, 3.05) is 13.7 Å². The maximum Gasteiger partial charge on any atom is 0.167 e. The minimum atomic E-state index is 0.466. The SMILES string of the molecule is CCCCCCNCc1c(Br)ccc(OC)c1OCc1ccc(Cl)cc1. The van der Waals surface area contributed by atoms with E-state index in [2.05, 4.69) is 28.2 Å². The van der Waals surface area contributed by atoms with E-state index >= 15 is 0 Å². The Morgan fingerprint density at radius 2 is 1.81 bits per heavy atom. The summed E-state index contributed by atoms with van der Waals surface area (Å²) in [5.41, 5.74) is 2.14. The minimum absolute atomic E-state index is 0.466. The normalized spacial score (nSPS) is 10.8. The van der Waals surface area contributed by atoms with E-state index < -0.39 is 0 Å². The van der Waals surface area contributed by atoms with Gasteiger partial charge >= 0.3 is 0 Å². The third-order valence-electron chi connectivity index (χ3n) is 4.19. The molecule has 26 heavy (non-hydrogen) atoms. The van der Waals surface area contributed by atoms with Crippen LogP contribution in [0.5, 0.6) is 11.5 Å². The van der Waals surface area contributed by atoms with Crippen LogP contribution in [0.25, 0.3) is 0 Å². The van der Waals surface area contributed by atoms with Crippen molar-refractivity contribution in [1.82, 2.24) is 5.32 Å². The number of rotatable bonds is 11. The summed E-state index contributed by atoms with van der Waals surface area (Å²) < 4.78 is 12.7. The second-order valence-electron chi connectivity index (χ2n) is 6.21. The molecule has 3 nitrogen and oxygen atoms in total. The second kappa shape index (κ2) is 11.5. The molecule has 0 heterocycles. The molecule has 0 spiro atoms. The quantitative estimate of drug-likeness (QED) is 0.412. The largest absolute Gasteiger partial charge is 0.493 e. The number of hydrogen-bond acceptors (Lipinski definition) is 3. The van der Waals surface area contributed by atoms with E-state index in [-0.39, 0.29) is 0 Å². The topological polar surface area (TPSA) is 30.5 Å². The molecule has 0 atom stereocenters. The van der Waals surface area contributed by atoms with Gasteiger partial charge in [-0.05, 0) is 42.8 Å². The Morgan fingerprint density at radius 3 is 2.50 bits per heavy atom. The molecule has 0 saturated heterocycles. The van der Waals surface area contributed by atoms with Crippen molar-refractivity contribution in [2.24, 2.45) is 0 Å². The monoisotopic (exact) mass is 439 g/mol. The first-order chi connectivity index (χ1) is 12.7. The van der Waals surface area contributed by atoms with Gasteiger partial charge in [-0.1, -0.05) is 65.8 Å². The fraction of sp³-hybridized carbons (Fsp3) is 0.429. The zero-order chi connectivity index (χ0) is 18.8. The lowest BCUT2D eigenvalue weighted by Gasteiger charge is -2.17. The van der Waals surface area contributed by atoms with Crippen molar-refractivity contribution in [2.45, 2.75) is 45.8 Å². The van der Waals surface area contributed by atoms with Crippen molar-refractivity contribution >= 4 is 27.5 Å². The van der Waals surface area contributed by atoms with Gasteiger partial charge in [-0.2, -0.15) is 0 Å². The molecule has 0 aliphatic rings. The number of halogens is 2. The van der Waals surface area contributed by atoms with Gasteiger partial charge in [0.05, 0.1) is 7.11 Å². The first kappa shape index (κ1) is 21.1. The summed E-state index contributed by atoms with van der Waals surface area (Å²) in [5, 5.41) is 4.24. The van der Waals surface area contributed by atoms with Crippen LogP contribution in [-0.2, 0) is 13.2 Å². The molecule has 142 valence electrons. The van der Waals surface area contributed by atoms with Gasteiger partial charge in [0.2, 0.25) is 0 Å². The van der Waals surface area contributed by atoms with E-state index in [1.807, 2.05) is 36.4 Å². The minimum Gasteiger partial charge on any atom is -0.493 e. The Morgan fingerprint density at radius 1 is 1.04 bits per heavy atom. The molecule has 5 heteroatoms. The summed E-state index contributed by atoms with van der Waals surface area (Å²) in [6, 6.07) is 11.6. The second-order valence-corrected chi connectivity index (χ2v) is 7.50. The highest BCUT2D eigenvalue weighted by Crippen LogP contribution is 2.36. The number of methoxy groups -OCH3 is 1. The lowest BCUT2D eigenvalue weighted by molar-refractivity contribution is 0.280. The standard InChI is InChI=1S/C21H27BrClNO2/c1-3-4-5-6-13-24-14-18-19(22)11-12-20(25-2)21(18)26-15-16-7-9-17(23)10-8-16/h7-12,24H,3-6,13-15H2,1-2H3. The molecule has 0 unspecified atom stereocenters. The van der Waals surface area contributed by atoms with Crippen LogP contribution < -0.4 is 14.8 Å². The molecule has 0 radical (unpaired) electrons.